The highest BCUT2D eigenvalue weighted by Gasteiger charge is 2.06. The van der Waals surface area contributed by atoms with Crippen molar-refractivity contribution in [3.63, 3.8) is 0 Å². The minimum absolute atomic E-state index is 0.0870. The van der Waals surface area contributed by atoms with Crippen LogP contribution in [0.15, 0.2) is 61.2 Å². The molecule has 0 saturated heterocycles. The second kappa shape index (κ2) is 7.55. The topological polar surface area (TPSA) is 72.7 Å². The third-order valence-electron chi connectivity index (χ3n) is 3.00. The molecule has 0 fully saturated rings. The highest BCUT2D eigenvalue weighted by Crippen LogP contribution is 2.13. The van der Waals surface area contributed by atoms with E-state index in [4.69, 9.17) is 0 Å². The van der Waals surface area contributed by atoms with Gasteiger partial charge in [0.1, 0.15) is 12.1 Å². The van der Waals surface area contributed by atoms with Gasteiger partial charge in [-0.3, -0.25) is 4.79 Å². The van der Waals surface area contributed by atoms with Gasteiger partial charge in [0.2, 0.25) is 5.91 Å². The van der Waals surface area contributed by atoms with E-state index < -0.39 is 0 Å². The lowest BCUT2D eigenvalue weighted by Crippen LogP contribution is -2.15. The zero-order valence-electron chi connectivity index (χ0n) is 12.3. The molecule has 0 aliphatic carbocycles. The number of carbonyl (C=O) groups is 1. The first kappa shape index (κ1) is 15.2. The fraction of sp³-hybridized carbons (Fsp3) is 0.125. The van der Waals surface area contributed by atoms with E-state index in [0.29, 0.717) is 17.4 Å². The summed E-state index contributed by atoms with van der Waals surface area (Å²) in [6.45, 7) is 0. The number of hydrogen-bond donors (Lipinski definition) is 1. The molecule has 0 radical (unpaired) electrons. The van der Waals surface area contributed by atoms with Crippen LogP contribution in [0.5, 0.6) is 0 Å². The maximum Gasteiger partial charge on any atom is 0.235 e. The van der Waals surface area contributed by atoms with Crippen molar-refractivity contribution in [1.82, 2.24) is 19.7 Å². The van der Waals surface area contributed by atoms with E-state index in [9.17, 15) is 4.79 Å². The van der Waals surface area contributed by atoms with Gasteiger partial charge in [-0.1, -0.05) is 30.3 Å². The number of carbonyl (C=O) groups excluding carboxylic acids is 1. The van der Waals surface area contributed by atoms with Gasteiger partial charge in [0.15, 0.2) is 5.82 Å². The molecule has 2 heterocycles. The first-order valence-electron chi connectivity index (χ1n) is 7.05. The van der Waals surface area contributed by atoms with Crippen LogP contribution in [0.3, 0.4) is 0 Å². The molecule has 0 bridgehead atoms. The van der Waals surface area contributed by atoms with Crippen molar-refractivity contribution in [3.8, 4) is 5.82 Å². The average molecular weight is 325 g/mol. The third kappa shape index (κ3) is 4.40. The number of nitrogens with one attached hydrogen (secondary N) is 1. The van der Waals surface area contributed by atoms with Crippen LogP contribution in [0.25, 0.3) is 5.82 Å². The Kier molecular flexibility index (Phi) is 5.00. The van der Waals surface area contributed by atoms with E-state index in [1.807, 2.05) is 30.3 Å². The molecular weight excluding hydrogens is 310 g/mol. The number of thioether (sulfide) groups is 1. The Morgan fingerprint density at radius 3 is 2.83 bits per heavy atom. The van der Waals surface area contributed by atoms with Gasteiger partial charge in [0, 0.05) is 24.2 Å². The van der Waals surface area contributed by atoms with Crippen LogP contribution >= 0.6 is 11.8 Å². The predicted molar refractivity (Wildman–Crippen MR) is 90.4 cm³/mol. The molecule has 3 rings (SSSR count). The molecule has 7 heteroatoms. The number of hydrogen-bond acceptors (Lipinski definition) is 5. The van der Waals surface area contributed by atoms with E-state index in [2.05, 4.69) is 20.4 Å². The standard InChI is InChI=1S/C16H15N5OS/c22-16(11-23-10-13-5-2-1-3-6-13)20-14-9-15(18-12-17-14)21-8-4-7-19-21/h1-9,12H,10-11H2,(H,17,18,20,22). The van der Waals surface area contributed by atoms with E-state index in [1.165, 1.54) is 11.9 Å². The fourth-order valence-corrected chi connectivity index (χ4v) is 2.75. The lowest BCUT2D eigenvalue weighted by atomic mass is 10.2. The maximum absolute atomic E-state index is 12.0. The van der Waals surface area contributed by atoms with Crippen LogP contribution in [0.1, 0.15) is 5.56 Å². The molecule has 116 valence electrons. The van der Waals surface area contributed by atoms with Crippen LogP contribution in [-0.2, 0) is 10.5 Å². The van der Waals surface area contributed by atoms with E-state index in [1.54, 1.807) is 41.0 Å². The second-order valence-corrected chi connectivity index (χ2v) is 5.72. The molecule has 1 N–H and O–H groups in total. The summed E-state index contributed by atoms with van der Waals surface area (Å²) in [5.74, 6) is 2.16. The molecule has 0 spiro atoms. The van der Waals surface area contributed by atoms with E-state index in [-0.39, 0.29) is 5.91 Å². The summed E-state index contributed by atoms with van der Waals surface area (Å²) in [4.78, 5) is 20.2. The minimum Gasteiger partial charge on any atom is -0.310 e. The second-order valence-electron chi connectivity index (χ2n) is 4.74. The average Bonchev–Trinajstić information content (AvgIpc) is 3.11. The summed E-state index contributed by atoms with van der Waals surface area (Å²) < 4.78 is 1.61. The van der Waals surface area contributed by atoms with Gasteiger partial charge < -0.3 is 5.32 Å². The van der Waals surface area contributed by atoms with Gasteiger partial charge in [-0.05, 0) is 11.6 Å². The van der Waals surface area contributed by atoms with E-state index >= 15 is 0 Å². The third-order valence-corrected chi connectivity index (χ3v) is 4.01. The number of amides is 1. The zero-order valence-corrected chi connectivity index (χ0v) is 13.1. The molecular formula is C16H15N5OS. The van der Waals surface area contributed by atoms with Crippen molar-refractivity contribution in [2.75, 3.05) is 11.1 Å². The molecule has 0 atom stereocenters. The first-order valence-corrected chi connectivity index (χ1v) is 8.20. The minimum atomic E-state index is -0.0870. The number of rotatable bonds is 6. The lowest BCUT2D eigenvalue weighted by Gasteiger charge is -2.06. The Morgan fingerprint density at radius 2 is 2.04 bits per heavy atom. The van der Waals surface area contributed by atoms with Crippen LogP contribution in [0.2, 0.25) is 0 Å². The first-order chi connectivity index (χ1) is 11.3. The molecule has 0 unspecified atom stereocenters. The van der Waals surface area contributed by atoms with Crippen molar-refractivity contribution >= 4 is 23.5 Å². The number of nitrogens with zero attached hydrogens (tertiary/aromatic N) is 4. The quantitative estimate of drug-likeness (QED) is 0.754. The SMILES string of the molecule is O=C(CSCc1ccccc1)Nc1cc(-n2cccn2)ncn1. The Labute approximate surface area is 138 Å². The molecule has 1 amide bonds. The summed E-state index contributed by atoms with van der Waals surface area (Å²) >= 11 is 1.56. The van der Waals surface area contributed by atoms with Crippen LogP contribution < -0.4 is 5.32 Å². The molecule has 2 aromatic heterocycles. The van der Waals surface area contributed by atoms with Gasteiger partial charge >= 0.3 is 0 Å². The van der Waals surface area contributed by atoms with Crippen LogP contribution in [0.4, 0.5) is 5.82 Å². The smallest absolute Gasteiger partial charge is 0.235 e. The monoisotopic (exact) mass is 325 g/mol. The van der Waals surface area contributed by atoms with Crippen molar-refractivity contribution in [2.24, 2.45) is 0 Å². The molecule has 23 heavy (non-hydrogen) atoms. The predicted octanol–water partition coefficient (Wildman–Crippen LogP) is 2.53. The maximum atomic E-state index is 12.0. The molecule has 6 nitrogen and oxygen atoms in total. The molecule has 0 saturated carbocycles. The van der Waals surface area contributed by atoms with Gasteiger partial charge in [-0.15, -0.1) is 11.8 Å². The Balaban J connectivity index is 1.53. The van der Waals surface area contributed by atoms with E-state index in [0.717, 1.165) is 5.75 Å². The fourth-order valence-electron chi connectivity index (χ4n) is 1.96. The Bertz CT molecular complexity index is 761. The van der Waals surface area contributed by atoms with Gasteiger partial charge in [-0.25, -0.2) is 14.6 Å². The van der Waals surface area contributed by atoms with Crippen molar-refractivity contribution in [1.29, 1.82) is 0 Å². The van der Waals surface area contributed by atoms with Crippen LogP contribution in [0, 0.1) is 0 Å². The zero-order chi connectivity index (χ0) is 15.9. The lowest BCUT2D eigenvalue weighted by molar-refractivity contribution is -0.113. The molecule has 1 aromatic carbocycles. The number of aromatic nitrogens is 4. The summed E-state index contributed by atoms with van der Waals surface area (Å²) in [7, 11) is 0. The Hall–Kier alpha value is -2.67. The highest BCUT2D eigenvalue weighted by molar-refractivity contribution is 7.99. The highest BCUT2D eigenvalue weighted by atomic mass is 32.2. The summed E-state index contributed by atoms with van der Waals surface area (Å²) in [5.41, 5.74) is 1.20. The molecule has 3 aromatic rings. The number of anilines is 1. The van der Waals surface area contributed by atoms with Gasteiger partial charge in [-0.2, -0.15) is 5.10 Å². The summed E-state index contributed by atoms with van der Waals surface area (Å²) in [5, 5.41) is 6.88. The molecule has 0 aliphatic heterocycles. The summed E-state index contributed by atoms with van der Waals surface area (Å²) in [6.07, 6.45) is 4.86. The van der Waals surface area contributed by atoms with Crippen LogP contribution in [-0.4, -0.2) is 31.4 Å². The number of benzene rings is 1. The van der Waals surface area contributed by atoms with Crippen molar-refractivity contribution < 1.29 is 4.79 Å². The largest absolute Gasteiger partial charge is 0.310 e. The normalized spacial score (nSPS) is 10.4. The van der Waals surface area contributed by atoms with Gasteiger partial charge in [0.05, 0.1) is 5.75 Å². The van der Waals surface area contributed by atoms with Crippen molar-refractivity contribution in [2.45, 2.75) is 5.75 Å². The van der Waals surface area contributed by atoms with Gasteiger partial charge in [0.25, 0.3) is 0 Å². The van der Waals surface area contributed by atoms with Crippen molar-refractivity contribution in [3.05, 3.63) is 66.7 Å². The Morgan fingerprint density at radius 1 is 1.17 bits per heavy atom. The molecule has 0 aliphatic rings. The summed E-state index contributed by atoms with van der Waals surface area (Å²) in [6, 6.07) is 13.6.